The van der Waals surface area contributed by atoms with Gasteiger partial charge in [-0.05, 0) is 12.1 Å². The van der Waals surface area contributed by atoms with Crippen LogP contribution < -0.4 is 5.73 Å². The largest absolute Gasteiger partial charge is 0.396 e. The Morgan fingerprint density at radius 3 is 2.89 bits per heavy atom. The lowest BCUT2D eigenvalue weighted by molar-refractivity contribution is 0.630. The first-order chi connectivity index (χ1) is 8.65. The minimum atomic E-state index is -0.311. The maximum atomic E-state index is 13.6. The molecule has 3 aromatic rings. The van der Waals surface area contributed by atoms with Crippen molar-refractivity contribution in [1.82, 2.24) is 19.3 Å². The van der Waals surface area contributed by atoms with E-state index in [1.54, 1.807) is 23.1 Å². The molecular weight excluding hydrogens is 233 g/mol. The molecule has 0 unspecified atom stereocenters. The Bertz CT molecular complexity index is 712. The van der Waals surface area contributed by atoms with Gasteiger partial charge in [0.15, 0.2) is 5.82 Å². The Morgan fingerprint density at radius 1 is 1.39 bits per heavy atom. The van der Waals surface area contributed by atoms with Crippen molar-refractivity contribution in [3.63, 3.8) is 0 Å². The number of hydrogen-bond acceptors (Lipinski definition) is 3. The van der Waals surface area contributed by atoms with Crippen LogP contribution in [0, 0.1) is 5.82 Å². The maximum Gasteiger partial charge on any atom is 0.151 e. The van der Waals surface area contributed by atoms with Crippen molar-refractivity contribution in [2.75, 3.05) is 5.73 Å². The molecule has 18 heavy (non-hydrogen) atoms. The van der Waals surface area contributed by atoms with Gasteiger partial charge < -0.3 is 10.3 Å². The molecule has 2 heterocycles. The lowest BCUT2D eigenvalue weighted by Crippen LogP contribution is -2.06. The summed E-state index contributed by atoms with van der Waals surface area (Å²) < 4.78 is 17.1. The third-order valence-electron chi connectivity index (χ3n) is 2.91. The fourth-order valence-corrected chi connectivity index (χ4v) is 1.98. The summed E-state index contributed by atoms with van der Waals surface area (Å²) in [7, 11) is 1.86. The van der Waals surface area contributed by atoms with Gasteiger partial charge in [-0.1, -0.05) is 6.07 Å². The third kappa shape index (κ3) is 1.62. The van der Waals surface area contributed by atoms with E-state index < -0.39 is 0 Å². The van der Waals surface area contributed by atoms with Crippen molar-refractivity contribution in [3.8, 4) is 0 Å². The molecule has 0 bridgehead atoms. The monoisotopic (exact) mass is 245 g/mol. The van der Waals surface area contributed by atoms with Gasteiger partial charge in [0, 0.05) is 13.2 Å². The molecule has 5 nitrogen and oxygen atoms in total. The molecule has 0 spiro atoms. The zero-order valence-electron chi connectivity index (χ0n) is 9.84. The summed E-state index contributed by atoms with van der Waals surface area (Å²) in [5, 5.41) is 4.09. The first kappa shape index (κ1) is 10.8. The van der Waals surface area contributed by atoms with E-state index in [-0.39, 0.29) is 5.82 Å². The Morgan fingerprint density at radius 2 is 2.22 bits per heavy atom. The first-order valence-electron chi connectivity index (χ1n) is 5.53. The zero-order valence-corrected chi connectivity index (χ0v) is 9.84. The molecule has 92 valence electrons. The van der Waals surface area contributed by atoms with Gasteiger partial charge in [-0.2, -0.15) is 5.10 Å². The molecule has 0 saturated carbocycles. The SMILES string of the molecule is Cn1c(Cn2cc(N)cn2)nc2c(F)cccc21. The minimum Gasteiger partial charge on any atom is -0.396 e. The Hall–Kier alpha value is -2.37. The maximum absolute atomic E-state index is 13.6. The van der Waals surface area contributed by atoms with Crippen molar-refractivity contribution in [3.05, 3.63) is 42.2 Å². The van der Waals surface area contributed by atoms with Crippen LogP contribution in [0.1, 0.15) is 5.82 Å². The van der Waals surface area contributed by atoms with Crippen LogP contribution in [0.2, 0.25) is 0 Å². The summed E-state index contributed by atoms with van der Waals surface area (Å²) in [6.45, 7) is 0.460. The number of nitrogens with zero attached hydrogens (tertiary/aromatic N) is 4. The smallest absolute Gasteiger partial charge is 0.151 e. The number of nitrogens with two attached hydrogens (primary N) is 1. The molecule has 6 heteroatoms. The second-order valence-corrected chi connectivity index (χ2v) is 4.17. The van der Waals surface area contributed by atoms with Gasteiger partial charge in [0.05, 0.1) is 23.9 Å². The van der Waals surface area contributed by atoms with Gasteiger partial charge in [-0.15, -0.1) is 0 Å². The summed E-state index contributed by atoms with van der Waals surface area (Å²) >= 11 is 0. The van der Waals surface area contributed by atoms with Crippen LogP contribution in [0.25, 0.3) is 11.0 Å². The highest BCUT2D eigenvalue weighted by molar-refractivity contribution is 5.76. The predicted molar refractivity (Wildman–Crippen MR) is 66.4 cm³/mol. The van der Waals surface area contributed by atoms with E-state index in [4.69, 9.17) is 5.73 Å². The van der Waals surface area contributed by atoms with Crippen LogP contribution in [0.4, 0.5) is 10.1 Å². The summed E-state index contributed by atoms with van der Waals surface area (Å²) in [4.78, 5) is 4.30. The number of halogens is 1. The fourth-order valence-electron chi connectivity index (χ4n) is 1.98. The quantitative estimate of drug-likeness (QED) is 0.745. The number of fused-ring (bicyclic) bond motifs is 1. The number of nitrogen functional groups attached to an aromatic ring is 1. The van der Waals surface area contributed by atoms with Gasteiger partial charge in [-0.3, -0.25) is 4.68 Å². The van der Waals surface area contributed by atoms with Gasteiger partial charge in [0.2, 0.25) is 0 Å². The molecular formula is C12H12FN5. The molecule has 0 atom stereocenters. The van der Waals surface area contributed by atoms with Crippen LogP contribution in [0.3, 0.4) is 0 Å². The topological polar surface area (TPSA) is 61.7 Å². The second kappa shape index (κ2) is 3.83. The highest BCUT2D eigenvalue weighted by Crippen LogP contribution is 2.18. The average Bonchev–Trinajstić information content (AvgIpc) is 2.88. The van der Waals surface area contributed by atoms with E-state index in [0.717, 1.165) is 11.3 Å². The average molecular weight is 245 g/mol. The van der Waals surface area contributed by atoms with Crippen LogP contribution in [-0.4, -0.2) is 19.3 Å². The van der Waals surface area contributed by atoms with Crippen molar-refractivity contribution < 1.29 is 4.39 Å². The number of imidazole rings is 1. The van der Waals surface area contributed by atoms with Crippen LogP contribution in [0.15, 0.2) is 30.6 Å². The fraction of sp³-hybridized carbons (Fsp3) is 0.167. The highest BCUT2D eigenvalue weighted by atomic mass is 19.1. The molecule has 1 aromatic carbocycles. The number of para-hydroxylation sites is 1. The van der Waals surface area contributed by atoms with Crippen LogP contribution in [-0.2, 0) is 13.6 Å². The third-order valence-corrected chi connectivity index (χ3v) is 2.91. The molecule has 0 amide bonds. The standard InChI is InChI=1S/C12H12FN5/c1-17-10-4-2-3-9(13)12(10)16-11(17)7-18-6-8(14)5-15-18/h2-6H,7,14H2,1H3. The van der Waals surface area contributed by atoms with Crippen molar-refractivity contribution >= 4 is 16.7 Å². The molecule has 2 aromatic heterocycles. The van der Waals surface area contributed by atoms with Crippen molar-refractivity contribution in [2.45, 2.75) is 6.54 Å². The van der Waals surface area contributed by atoms with Gasteiger partial charge >= 0.3 is 0 Å². The molecule has 0 radical (unpaired) electrons. The zero-order chi connectivity index (χ0) is 12.7. The number of anilines is 1. The molecule has 0 aliphatic carbocycles. The van der Waals surface area contributed by atoms with Crippen molar-refractivity contribution in [1.29, 1.82) is 0 Å². The van der Waals surface area contributed by atoms with E-state index in [2.05, 4.69) is 10.1 Å². The number of hydrogen-bond donors (Lipinski definition) is 1. The Kier molecular flexibility index (Phi) is 2.29. The lowest BCUT2D eigenvalue weighted by atomic mass is 10.3. The second-order valence-electron chi connectivity index (χ2n) is 4.17. The molecule has 0 aliphatic heterocycles. The van der Waals surface area contributed by atoms with Crippen molar-refractivity contribution in [2.24, 2.45) is 7.05 Å². The molecule has 0 fully saturated rings. The number of rotatable bonds is 2. The summed E-state index contributed by atoms with van der Waals surface area (Å²) in [5.74, 6) is 0.424. The van der Waals surface area contributed by atoms with Gasteiger partial charge in [-0.25, -0.2) is 9.37 Å². The molecule has 2 N–H and O–H groups in total. The van der Waals surface area contributed by atoms with Crippen LogP contribution >= 0.6 is 0 Å². The lowest BCUT2D eigenvalue weighted by Gasteiger charge is -2.02. The van der Waals surface area contributed by atoms with E-state index in [1.807, 2.05) is 17.7 Å². The minimum absolute atomic E-state index is 0.311. The summed E-state index contributed by atoms with van der Waals surface area (Å²) in [6, 6.07) is 4.92. The molecule has 0 aliphatic rings. The normalized spacial score (nSPS) is 11.2. The van der Waals surface area contributed by atoms with E-state index >= 15 is 0 Å². The Balaban J connectivity index is 2.07. The predicted octanol–water partition coefficient (Wildman–Crippen LogP) is 1.54. The van der Waals surface area contributed by atoms with Gasteiger partial charge in [0.1, 0.15) is 11.3 Å². The molecule has 3 rings (SSSR count). The highest BCUT2D eigenvalue weighted by Gasteiger charge is 2.11. The summed E-state index contributed by atoms with van der Waals surface area (Å²) in [5.41, 5.74) is 7.35. The first-order valence-corrected chi connectivity index (χ1v) is 5.53. The van der Waals surface area contributed by atoms with Crippen LogP contribution in [0.5, 0.6) is 0 Å². The summed E-state index contributed by atoms with van der Waals surface area (Å²) in [6.07, 6.45) is 3.29. The number of aromatic nitrogens is 4. The van der Waals surface area contributed by atoms with E-state index in [9.17, 15) is 4.39 Å². The number of benzene rings is 1. The Labute approximate surface area is 103 Å². The molecule has 0 saturated heterocycles. The number of aryl methyl sites for hydroxylation is 1. The van der Waals surface area contributed by atoms with E-state index in [1.165, 1.54) is 6.07 Å². The van der Waals surface area contributed by atoms with Gasteiger partial charge in [0.25, 0.3) is 0 Å². The van der Waals surface area contributed by atoms with E-state index in [0.29, 0.717) is 17.7 Å².